The van der Waals surface area contributed by atoms with Gasteiger partial charge in [0.25, 0.3) is 11.7 Å². The molecule has 0 unspecified atom stereocenters. The molecule has 0 aromatic heterocycles. The van der Waals surface area contributed by atoms with Gasteiger partial charge in [-0.1, -0.05) is 18.2 Å². The number of aryl methyl sites for hydroxylation is 3. The van der Waals surface area contributed by atoms with E-state index in [1.165, 1.54) is 4.90 Å². The van der Waals surface area contributed by atoms with E-state index in [2.05, 4.69) is 6.07 Å². The molecular formula is C19H19NO3. The maximum Gasteiger partial charge on any atom is 0.299 e. The van der Waals surface area contributed by atoms with Gasteiger partial charge in [0.2, 0.25) is 0 Å². The highest BCUT2D eigenvalue weighted by Crippen LogP contribution is 2.31. The summed E-state index contributed by atoms with van der Waals surface area (Å²) in [6, 6.07) is 11.4. The van der Waals surface area contributed by atoms with E-state index in [-0.39, 0.29) is 0 Å². The molecule has 0 spiro atoms. The summed E-state index contributed by atoms with van der Waals surface area (Å²) in [6.45, 7) is 6.64. The highest BCUT2D eigenvalue weighted by Gasteiger charge is 2.36. The maximum atomic E-state index is 12.2. The number of hydrogen-bond donors (Lipinski definition) is 0. The van der Waals surface area contributed by atoms with Crippen molar-refractivity contribution >= 4 is 17.4 Å². The lowest BCUT2D eigenvalue weighted by atomic mass is 10.1. The molecule has 0 aliphatic carbocycles. The molecule has 23 heavy (non-hydrogen) atoms. The minimum atomic E-state index is -0.474. The fourth-order valence-electron chi connectivity index (χ4n) is 3.02. The molecule has 0 fully saturated rings. The first kappa shape index (κ1) is 15.3. The number of amides is 1. The van der Waals surface area contributed by atoms with E-state index in [1.807, 2.05) is 39.0 Å². The molecule has 4 heteroatoms. The van der Waals surface area contributed by atoms with Crippen LogP contribution < -0.4 is 9.64 Å². The summed E-state index contributed by atoms with van der Waals surface area (Å²) < 4.78 is 5.76. The Morgan fingerprint density at radius 2 is 1.70 bits per heavy atom. The van der Waals surface area contributed by atoms with E-state index < -0.39 is 11.7 Å². The van der Waals surface area contributed by atoms with Gasteiger partial charge in [-0.2, -0.15) is 0 Å². The predicted molar refractivity (Wildman–Crippen MR) is 89.3 cm³/mol. The molecule has 118 valence electrons. The van der Waals surface area contributed by atoms with Gasteiger partial charge in [-0.15, -0.1) is 0 Å². The molecule has 0 atom stereocenters. The minimum Gasteiger partial charge on any atom is -0.492 e. The third-order valence-corrected chi connectivity index (χ3v) is 3.97. The van der Waals surface area contributed by atoms with Crippen LogP contribution in [0.25, 0.3) is 0 Å². The van der Waals surface area contributed by atoms with Crippen molar-refractivity contribution in [2.24, 2.45) is 0 Å². The van der Waals surface area contributed by atoms with E-state index in [0.717, 1.165) is 22.4 Å². The summed E-state index contributed by atoms with van der Waals surface area (Å²) in [5.41, 5.74) is 4.39. The van der Waals surface area contributed by atoms with Gasteiger partial charge in [0, 0.05) is 0 Å². The fourth-order valence-corrected chi connectivity index (χ4v) is 3.02. The minimum absolute atomic E-state index is 0.343. The van der Waals surface area contributed by atoms with Crippen LogP contribution in [0.5, 0.6) is 5.75 Å². The molecule has 4 nitrogen and oxygen atoms in total. The maximum absolute atomic E-state index is 12.2. The van der Waals surface area contributed by atoms with Gasteiger partial charge in [0.15, 0.2) is 0 Å². The number of rotatable bonds is 4. The topological polar surface area (TPSA) is 46.6 Å². The molecule has 0 saturated carbocycles. The molecule has 3 rings (SSSR count). The Balaban J connectivity index is 1.74. The van der Waals surface area contributed by atoms with Crippen LogP contribution in [-0.2, 0) is 4.79 Å². The molecule has 0 radical (unpaired) electrons. The van der Waals surface area contributed by atoms with Crippen LogP contribution >= 0.6 is 0 Å². The number of Topliss-reactive ketones (excluding diaryl/α,β-unsaturated/α-hetero) is 1. The van der Waals surface area contributed by atoms with E-state index in [1.54, 1.807) is 12.1 Å². The summed E-state index contributed by atoms with van der Waals surface area (Å²) in [7, 11) is 0. The van der Waals surface area contributed by atoms with Crippen LogP contribution in [0, 0.1) is 20.8 Å². The van der Waals surface area contributed by atoms with Crippen LogP contribution in [-0.4, -0.2) is 24.8 Å². The first-order chi connectivity index (χ1) is 11.0. The van der Waals surface area contributed by atoms with Crippen molar-refractivity contribution in [2.75, 3.05) is 18.1 Å². The molecule has 2 aromatic rings. The van der Waals surface area contributed by atoms with Crippen molar-refractivity contribution in [2.45, 2.75) is 20.8 Å². The summed E-state index contributed by atoms with van der Waals surface area (Å²) in [6.07, 6.45) is 0. The molecule has 0 N–H and O–H groups in total. The highest BCUT2D eigenvalue weighted by atomic mass is 16.5. The molecule has 1 amide bonds. The first-order valence-electron chi connectivity index (χ1n) is 7.64. The molecule has 1 heterocycles. The third kappa shape index (κ3) is 2.84. The highest BCUT2D eigenvalue weighted by molar-refractivity contribution is 6.52. The monoisotopic (exact) mass is 309 g/mol. The van der Waals surface area contributed by atoms with Crippen molar-refractivity contribution < 1.29 is 14.3 Å². The van der Waals surface area contributed by atoms with Crippen molar-refractivity contribution in [3.8, 4) is 5.75 Å². The summed E-state index contributed by atoms with van der Waals surface area (Å²) in [4.78, 5) is 25.8. The number of para-hydroxylation sites is 1. The third-order valence-electron chi connectivity index (χ3n) is 3.97. The Morgan fingerprint density at radius 3 is 2.39 bits per heavy atom. The zero-order valence-electron chi connectivity index (χ0n) is 13.6. The number of nitrogens with zero attached hydrogens (tertiary/aromatic N) is 1. The largest absolute Gasteiger partial charge is 0.492 e. The number of carbonyl (C=O) groups excluding carboxylic acids is 2. The lowest BCUT2D eigenvalue weighted by molar-refractivity contribution is -0.114. The van der Waals surface area contributed by atoms with Gasteiger partial charge in [-0.25, -0.2) is 0 Å². The van der Waals surface area contributed by atoms with Crippen LogP contribution in [0.4, 0.5) is 5.69 Å². The van der Waals surface area contributed by atoms with Crippen molar-refractivity contribution in [1.29, 1.82) is 0 Å². The number of ketones is 1. The number of benzene rings is 2. The second-order valence-corrected chi connectivity index (χ2v) is 5.93. The zero-order valence-corrected chi connectivity index (χ0v) is 13.6. The van der Waals surface area contributed by atoms with Gasteiger partial charge < -0.3 is 9.64 Å². The average molecular weight is 309 g/mol. The number of hydrogen-bond acceptors (Lipinski definition) is 3. The zero-order chi connectivity index (χ0) is 16.6. The fraction of sp³-hybridized carbons (Fsp3) is 0.263. The molecule has 1 aliphatic rings. The van der Waals surface area contributed by atoms with Gasteiger partial charge in [0.1, 0.15) is 12.4 Å². The standard InChI is InChI=1S/C19H19NO3/c1-12-9-13(2)11-15(10-12)23-8-7-20-17-14(3)5-4-6-16(17)18(21)19(20)22/h4-6,9-11H,7-8H2,1-3H3. The Labute approximate surface area is 135 Å². The van der Waals surface area contributed by atoms with Crippen LogP contribution in [0.15, 0.2) is 36.4 Å². The van der Waals surface area contributed by atoms with Crippen LogP contribution in [0.1, 0.15) is 27.0 Å². The number of carbonyl (C=O) groups is 2. The lowest BCUT2D eigenvalue weighted by Crippen LogP contribution is -2.33. The number of ether oxygens (including phenoxy) is 1. The van der Waals surface area contributed by atoms with Crippen molar-refractivity contribution in [3.05, 3.63) is 58.7 Å². The Bertz CT molecular complexity index is 775. The second kappa shape index (κ2) is 5.88. The van der Waals surface area contributed by atoms with E-state index in [9.17, 15) is 9.59 Å². The SMILES string of the molecule is Cc1cc(C)cc(OCCN2C(=O)C(=O)c3cccc(C)c32)c1. The number of anilines is 1. The van der Waals surface area contributed by atoms with Crippen molar-refractivity contribution in [3.63, 3.8) is 0 Å². The Morgan fingerprint density at radius 1 is 1.00 bits per heavy atom. The molecule has 2 aromatic carbocycles. The van der Waals surface area contributed by atoms with Gasteiger partial charge in [0.05, 0.1) is 17.8 Å². The van der Waals surface area contributed by atoms with E-state index in [4.69, 9.17) is 4.74 Å². The van der Waals surface area contributed by atoms with E-state index >= 15 is 0 Å². The van der Waals surface area contributed by atoms with Crippen LogP contribution in [0.2, 0.25) is 0 Å². The van der Waals surface area contributed by atoms with Gasteiger partial charge >= 0.3 is 0 Å². The lowest BCUT2D eigenvalue weighted by Gasteiger charge is -2.18. The molecule has 0 bridgehead atoms. The normalized spacial score (nSPS) is 13.4. The van der Waals surface area contributed by atoms with Crippen LogP contribution in [0.3, 0.4) is 0 Å². The average Bonchev–Trinajstić information content (AvgIpc) is 2.73. The predicted octanol–water partition coefficient (Wildman–Crippen LogP) is 3.22. The molecular weight excluding hydrogens is 290 g/mol. The first-order valence-corrected chi connectivity index (χ1v) is 7.64. The molecule has 1 aliphatic heterocycles. The van der Waals surface area contributed by atoms with E-state index in [0.29, 0.717) is 24.4 Å². The molecule has 0 saturated heterocycles. The Kier molecular flexibility index (Phi) is 3.90. The quantitative estimate of drug-likeness (QED) is 0.815. The smallest absolute Gasteiger partial charge is 0.299 e. The van der Waals surface area contributed by atoms with Gasteiger partial charge in [-0.3, -0.25) is 9.59 Å². The summed E-state index contributed by atoms with van der Waals surface area (Å²) in [5, 5.41) is 0. The number of fused-ring (bicyclic) bond motifs is 1. The Hall–Kier alpha value is -2.62. The van der Waals surface area contributed by atoms with Crippen molar-refractivity contribution in [1.82, 2.24) is 0 Å². The second-order valence-electron chi connectivity index (χ2n) is 5.93. The van der Waals surface area contributed by atoms with Gasteiger partial charge in [-0.05, 0) is 55.7 Å². The summed E-state index contributed by atoms with van der Waals surface area (Å²) >= 11 is 0. The summed E-state index contributed by atoms with van der Waals surface area (Å²) in [5.74, 6) is -0.126.